The molecule has 0 bridgehead atoms. The predicted molar refractivity (Wildman–Crippen MR) is 114 cm³/mol. The van der Waals surface area contributed by atoms with Gasteiger partial charge >= 0.3 is 6.18 Å². The third-order valence-corrected chi connectivity index (χ3v) is 5.09. The molecule has 32 heavy (non-hydrogen) atoms. The minimum atomic E-state index is -4.52. The van der Waals surface area contributed by atoms with Crippen LogP contribution in [0.1, 0.15) is 45.1 Å². The maximum atomic E-state index is 13.4. The molecule has 0 saturated carbocycles. The summed E-state index contributed by atoms with van der Waals surface area (Å²) in [5.41, 5.74) is -1.76. The average molecular weight is 454 g/mol. The number of nitrogens with one attached hydrogen (secondary N) is 1. The highest BCUT2D eigenvalue weighted by atomic mass is 19.4. The van der Waals surface area contributed by atoms with Crippen molar-refractivity contribution < 1.29 is 17.9 Å². The van der Waals surface area contributed by atoms with Crippen molar-refractivity contribution >= 4 is 5.82 Å². The van der Waals surface area contributed by atoms with E-state index in [1.807, 2.05) is 4.90 Å². The van der Waals surface area contributed by atoms with Crippen LogP contribution in [0.15, 0.2) is 23.1 Å². The lowest BCUT2D eigenvalue weighted by Crippen LogP contribution is -2.33. The summed E-state index contributed by atoms with van der Waals surface area (Å²) in [6.07, 6.45) is -1.59. The number of aromatic nitrogens is 4. The first-order chi connectivity index (χ1) is 15.0. The van der Waals surface area contributed by atoms with Crippen molar-refractivity contribution in [3.05, 3.63) is 40.2 Å². The number of hydrogen-bond donors (Lipinski definition) is 1. The van der Waals surface area contributed by atoms with E-state index < -0.39 is 17.3 Å². The summed E-state index contributed by atoms with van der Waals surface area (Å²) in [7, 11) is 0. The zero-order valence-electron chi connectivity index (χ0n) is 18.6. The van der Waals surface area contributed by atoms with E-state index >= 15 is 0 Å². The van der Waals surface area contributed by atoms with Crippen LogP contribution in [0.2, 0.25) is 0 Å². The summed E-state index contributed by atoms with van der Waals surface area (Å²) in [4.78, 5) is 30.1. The van der Waals surface area contributed by atoms with Crippen LogP contribution < -0.4 is 15.2 Å². The van der Waals surface area contributed by atoms with Crippen LogP contribution in [0.3, 0.4) is 0 Å². The highest BCUT2D eigenvalue weighted by molar-refractivity contribution is 5.41. The van der Waals surface area contributed by atoms with Gasteiger partial charge in [0.1, 0.15) is 17.3 Å². The van der Waals surface area contributed by atoms with Crippen molar-refractivity contribution in [2.45, 2.75) is 45.2 Å². The number of anilines is 1. The SMILES string of the molecule is CC(C)(C)c1nc(N2CCCN(CCCOc3nccc(=O)[nH]3)CC2)cc(C(F)(F)F)n1. The first kappa shape index (κ1) is 24.0. The highest BCUT2D eigenvalue weighted by Crippen LogP contribution is 2.32. The number of rotatable bonds is 6. The number of halogens is 3. The van der Waals surface area contributed by atoms with E-state index in [0.717, 1.165) is 32.0 Å². The zero-order chi connectivity index (χ0) is 23.4. The Kier molecular flexibility index (Phi) is 7.37. The summed E-state index contributed by atoms with van der Waals surface area (Å²) >= 11 is 0. The van der Waals surface area contributed by atoms with Gasteiger partial charge in [0.15, 0.2) is 0 Å². The second-order valence-corrected chi connectivity index (χ2v) is 8.81. The predicted octanol–water partition coefficient (Wildman–Crippen LogP) is 2.86. The highest BCUT2D eigenvalue weighted by Gasteiger charge is 2.35. The molecule has 176 valence electrons. The number of hydrogen-bond acceptors (Lipinski definition) is 7. The van der Waals surface area contributed by atoms with Crippen LogP contribution in [0.5, 0.6) is 6.01 Å². The molecule has 1 aliphatic rings. The number of ether oxygens (including phenoxy) is 1. The Morgan fingerprint density at radius 1 is 1.12 bits per heavy atom. The van der Waals surface area contributed by atoms with E-state index in [9.17, 15) is 18.0 Å². The second-order valence-electron chi connectivity index (χ2n) is 8.81. The molecule has 0 radical (unpaired) electrons. The number of nitrogens with zero attached hydrogens (tertiary/aromatic N) is 5. The van der Waals surface area contributed by atoms with Gasteiger partial charge in [0, 0.05) is 49.9 Å². The number of H-pyrrole nitrogens is 1. The van der Waals surface area contributed by atoms with Crippen LogP contribution in [0.25, 0.3) is 0 Å². The lowest BCUT2D eigenvalue weighted by molar-refractivity contribution is -0.141. The van der Waals surface area contributed by atoms with Crippen LogP contribution >= 0.6 is 0 Å². The molecule has 0 aromatic carbocycles. The van der Waals surface area contributed by atoms with Gasteiger partial charge in [-0.15, -0.1) is 0 Å². The van der Waals surface area contributed by atoms with Crippen molar-refractivity contribution in [1.82, 2.24) is 24.8 Å². The molecule has 8 nitrogen and oxygen atoms in total. The van der Waals surface area contributed by atoms with E-state index in [1.54, 1.807) is 20.8 Å². The lowest BCUT2D eigenvalue weighted by atomic mass is 9.95. The van der Waals surface area contributed by atoms with Gasteiger partial charge in [0.2, 0.25) is 0 Å². The molecule has 0 aliphatic carbocycles. The third-order valence-electron chi connectivity index (χ3n) is 5.09. The van der Waals surface area contributed by atoms with Crippen LogP contribution in [-0.2, 0) is 11.6 Å². The minimum absolute atomic E-state index is 0.188. The standard InChI is InChI=1S/C21H29F3N6O2/c1-20(2,3)18-26-15(21(22,23)24)14-16(27-18)30-10-4-8-29(11-12-30)9-5-13-32-19-25-7-6-17(31)28-19/h6-7,14H,4-5,8-13H2,1-3H3,(H,25,28,31). The van der Waals surface area contributed by atoms with Gasteiger partial charge in [-0.05, 0) is 19.4 Å². The maximum absolute atomic E-state index is 13.4. The number of alkyl halides is 3. The second kappa shape index (κ2) is 9.85. The Morgan fingerprint density at radius 3 is 2.59 bits per heavy atom. The van der Waals surface area contributed by atoms with Crippen molar-refractivity contribution in [3.63, 3.8) is 0 Å². The fraction of sp³-hybridized carbons (Fsp3) is 0.619. The molecule has 0 unspecified atom stereocenters. The molecule has 3 heterocycles. The summed E-state index contributed by atoms with van der Waals surface area (Å²) in [6.45, 7) is 9.33. The molecule has 1 saturated heterocycles. The molecule has 1 fully saturated rings. The summed E-state index contributed by atoms with van der Waals surface area (Å²) < 4.78 is 45.7. The van der Waals surface area contributed by atoms with E-state index in [1.165, 1.54) is 12.3 Å². The van der Waals surface area contributed by atoms with Gasteiger partial charge in [-0.25, -0.2) is 15.0 Å². The van der Waals surface area contributed by atoms with Crippen LogP contribution in [0, 0.1) is 0 Å². The topological polar surface area (TPSA) is 87.2 Å². The fourth-order valence-electron chi connectivity index (χ4n) is 3.38. The molecule has 0 spiro atoms. The zero-order valence-corrected chi connectivity index (χ0v) is 18.6. The van der Waals surface area contributed by atoms with Crippen LogP contribution in [-0.4, -0.2) is 64.2 Å². The minimum Gasteiger partial charge on any atom is -0.465 e. The Hall–Kier alpha value is -2.69. The monoisotopic (exact) mass is 454 g/mol. The van der Waals surface area contributed by atoms with Crippen molar-refractivity contribution in [2.75, 3.05) is 44.2 Å². The molecule has 3 rings (SSSR count). The van der Waals surface area contributed by atoms with E-state index in [-0.39, 0.29) is 17.4 Å². The van der Waals surface area contributed by atoms with Gasteiger partial charge in [0.25, 0.3) is 11.6 Å². The van der Waals surface area contributed by atoms with Crippen molar-refractivity contribution in [2.24, 2.45) is 0 Å². The molecule has 1 N–H and O–H groups in total. The van der Waals surface area contributed by atoms with Gasteiger partial charge < -0.3 is 14.5 Å². The first-order valence-electron chi connectivity index (χ1n) is 10.6. The number of aromatic amines is 1. The van der Waals surface area contributed by atoms with Gasteiger partial charge in [-0.2, -0.15) is 13.2 Å². The van der Waals surface area contributed by atoms with E-state index in [0.29, 0.717) is 32.1 Å². The molecule has 0 atom stereocenters. The van der Waals surface area contributed by atoms with Gasteiger partial charge in [-0.1, -0.05) is 20.8 Å². The maximum Gasteiger partial charge on any atom is 0.433 e. The molecule has 11 heteroatoms. The quantitative estimate of drug-likeness (QED) is 0.672. The smallest absolute Gasteiger partial charge is 0.433 e. The fourth-order valence-corrected chi connectivity index (χ4v) is 3.38. The normalized spacial score (nSPS) is 16.1. The Labute approximate surface area is 184 Å². The van der Waals surface area contributed by atoms with E-state index in [2.05, 4.69) is 24.8 Å². The first-order valence-corrected chi connectivity index (χ1v) is 10.6. The lowest BCUT2D eigenvalue weighted by Gasteiger charge is -2.26. The molecule has 2 aromatic rings. The molecule has 1 aliphatic heterocycles. The molecule has 2 aromatic heterocycles. The van der Waals surface area contributed by atoms with Crippen molar-refractivity contribution in [3.8, 4) is 6.01 Å². The van der Waals surface area contributed by atoms with Gasteiger partial charge in [0.05, 0.1) is 6.61 Å². The summed E-state index contributed by atoms with van der Waals surface area (Å²) in [5, 5.41) is 0. The Morgan fingerprint density at radius 2 is 1.91 bits per heavy atom. The summed E-state index contributed by atoms with van der Waals surface area (Å²) in [5.74, 6) is 0.509. The van der Waals surface area contributed by atoms with E-state index in [4.69, 9.17) is 4.74 Å². The average Bonchev–Trinajstić information content (AvgIpc) is 2.95. The third kappa shape index (κ3) is 6.65. The molecular formula is C21H29F3N6O2. The van der Waals surface area contributed by atoms with Crippen LogP contribution in [0.4, 0.5) is 19.0 Å². The summed E-state index contributed by atoms with van der Waals surface area (Å²) in [6, 6.07) is 2.56. The van der Waals surface area contributed by atoms with Gasteiger partial charge in [-0.3, -0.25) is 9.78 Å². The molecule has 0 amide bonds. The van der Waals surface area contributed by atoms with Crippen molar-refractivity contribution in [1.29, 1.82) is 0 Å². The Bertz CT molecular complexity index is 925. The largest absolute Gasteiger partial charge is 0.465 e. The Balaban J connectivity index is 1.59. The molecular weight excluding hydrogens is 425 g/mol.